The summed E-state index contributed by atoms with van der Waals surface area (Å²) < 4.78 is 5.27. The van der Waals surface area contributed by atoms with Gasteiger partial charge in [-0.25, -0.2) is 4.98 Å². The molecular formula is C11H7Cl3N2O2S. The zero-order valence-corrected chi connectivity index (χ0v) is 12.4. The maximum absolute atomic E-state index is 11.6. The van der Waals surface area contributed by atoms with E-state index in [2.05, 4.69) is 10.3 Å². The molecule has 1 aromatic heterocycles. The van der Waals surface area contributed by atoms with Gasteiger partial charge in [0.2, 0.25) is 0 Å². The topological polar surface area (TPSA) is 51.2 Å². The quantitative estimate of drug-likeness (QED) is 0.854. The van der Waals surface area contributed by atoms with Gasteiger partial charge in [-0.3, -0.25) is 10.1 Å². The van der Waals surface area contributed by atoms with E-state index in [4.69, 9.17) is 39.5 Å². The molecule has 0 spiro atoms. The Kier molecular flexibility index (Phi) is 4.87. The summed E-state index contributed by atoms with van der Waals surface area (Å²) in [5.74, 6) is -0.0394. The number of carbonyl (C=O) groups is 1. The molecule has 100 valence electrons. The van der Waals surface area contributed by atoms with Crippen molar-refractivity contribution in [3.8, 4) is 5.75 Å². The van der Waals surface area contributed by atoms with Gasteiger partial charge in [0.05, 0.1) is 15.1 Å². The molecule has 0 unspecified atom stereocenters. The van der Waals surface area contributed by atoms with Crippen LogP contribution in [-0.4, -0.2) is 17.5 Å². The average Bonchev–Trinajstić information content (AvgIpc) is 2.85. The Balaban J connectivity index is 1.95. The Morgan fingerprint density at radius 1 is 1.26 bits per heavy atom. The molecule has 0 aliphatic heterocycles. The highest BCUT2D eigenvalue weighted by atomic mass is 35.5. The third-order valence-electron chi connectivity index (χ3n) is 2.01. The number of nitrogens with zero attached hydrogens (tertiary/aromatic N) is 1. The second kappa shape index (κ2) is 6.43. The second-order valence-electron chi connectivity index (χ2n) is 3.37. The molecule has 0 saturated heterocycles. The van der Waals surface area contributed by atoms with Crippen molar-refractivity contribution in [2.45, 2.75) is 0 Å². The minimum absolute atomic E-state index is 0.197. The van der Waals surface area contributed by atoms with Gasteiger partial charge in [0.1, 0.15) is 5.75 Å². The molecule has 19 heavy (non-hydrogen) atoms. The zero-order chi connectivity index (χ0) is 13.8. The van der Waals surface area contributed by atoms with Crippen molar-refractivity contribution >= 4 is 57.2 Å². The van der Waals surface area contributed by atoms with E-state index >= 15 is 0 Å². The summed E-state index contributed by atoms with van der Waals surface area (Å²) in [4.78, 5) is 15.5. The fourth-order valence-corrected chi connectivity index (χ4v) is 2.34. The molecule has 8 heteroatoms. The van der Waals surface area contributed by atoms with Crippen LogP contribution in [0.4, 0.5) is 5.13 Å². The number of aromatic nitrogens is 1. The number of halogens is 3. The summed E-state index contributed by atoms with van der Waals surface area (Å²) in [5.41, 5.74) is 0. The van der Waals surface area contributed by atoms with Gasteiger partial charge in [-0.05, 0) is 6.07 Å². The van der Waals surface area contributed by atoms with Gasteiger partial charge in [-0.2, -0.15) is 0 Å². The van der Waals surface area contributed by atoms with Crippen molar-refractivity contribution in [2.24, 2.45) is 0 Å². The standard InChI is InChI=1S/C11H7Cl3N2O2S/c12-6-3-8(14)9(4-7(6)13)18-5-10(17)16-11-15-1-2-19-11/h1-4H,5H2,(H,15,16,17). The molecule has 0 saturated carbocycles. The van der Waals surface area contributed by atoms with Crippen molar-refractivity contribution in [3.63, 3.8) is 0 Å². The molecule has 4 nitrogen and oxygen atoms in total. The van der Waals surface area contributed by atoms with E-state index in [9.17, 15) is 4.79 Å². The van der Waals surface area contributed by atoms with E-state index in [1.165, 1.54) is 23.5 Å². The van der Waals surface area contributed by atoms with Gasteiger partial charge in [0.25, 0.3) is 5.91 Å². The van der Waals surface area contributed by atoms with E-state index < -0.39 is 0 Å². The number of amides is 1. The largest absolute Gasteiger partial charge is 0.482 e. The number of benzene rings is 1. The molecule has 0 bridgehead atoms. The maximum Gasteiger partial charge on any atom is 0.264 e. The number of hydrogen-bond donors (Lipinski definition) is 1. The number of carbonyl (C=O) groups excluding carboxylic acids is 1. The van der Waals surface area contributed by atoms with Crippen LogP contribution in [0.3, 0.4) is 0 Å². The second-order valence-corrected chi connectivity index (χ2v) is 5.49. The van der Waals surface area contributed by atoms with E-state index in [0.717, 1.165) is 0 Å². The lowest BCUT2D eigenvalue weighted by molar-refractivity contribution is -0.118. The van der Waals surface area contributed by atoms with Crippen LogP contribution in [0.15, 0.2) is 23.7 Å². The highest BCUT2D eigenvalue weighted by molar-refractivity contribution is 7.13. The number of hydrogen-bond acceptors (Lipinski definition) is 4. The Morgan fingerprint density at radius 2 is 2.00 bits per heavy atom. The van der Waals surface area contributed by atoms with Crippen molar-refractivity contribution < 1.29 is 9.53 Å². The smallest absolute Gasteiger partial charge is 0.264 e. The molecule has 1 N–H and O–H groups in total. The van der Waals surface area contributed by atoms with E-state index in [1.54, 1.807) is 11.6 Å². The number of thiazole rings is 1. The first-order chi connectivity index (χ1) is 9.06. The maximum atomic E-state index is 11.6. The van der Waals surface area contributed by atoms with Gasteiger partial charge in [0, 0.05) is 17.6 Å². The normalized spacial score (nSPS) is 10.3. The summed E-state index contributed by atoms with van der Waals surface area (Å²) in [6.45, 7) is -0.197. The molecule has 2 aromatic rings. The summed E-state index contributed by atoms with van der Waals surface area (Å²) in [5, 5.41) is 5.76. The predicted molar refractivity (Wildman–Crippen MR) is 77.7 cm³/mol. The fourth-order valence-electron chi connectivity index (χ4n) is 1.20. The SMILES string of the molecule is O=C(COc1cc(Cl)c(Cl)cc1Cl)Nc1nccs1. The number of nitrogens with one attached hydrogen (secondary N) is 1. The molecule has 0 aliphatic rings. The average molecular weight is 338 g/mol. The summed E-state index contributed by atoms with van der Waals surface area (Å²) in [6.07, 6.45) is 1.59. The van der Waals surface area contributed by atoms with Gasteiger partial charge >= 0.3 is 0 Å². The highest BCUT2D eigenvalue weighted by Crippen LogP contribution is 2.33. The third-order valence-corrected chi connectivity index (χ3v) is 3.72. The minimum atomic E-state index is -0.336. The zero-order valence-electron chi connectivity index (χ0n) is 9.32. The number of rotatable bonds is 4. The molecule has 1 aromatic carbocycles. The first-order valence-electron chi connectivity index (χ1n) is 5.03. The third kappa shape index (κ3) is 3.98. The van der Waals surface area contributed by atoms with Crippen LogP contribution in [0.25, 0.3) is 0 Å². The van der Waals surface area contributed by atoms with Crippen LogP contribution in [0.1, 0.15) is 0 Å². The predicted octanol–water partition coefficient (Wildman–Crippen LogP) is 4.12. The van der Waals surface area contributed by atoms with Gasteiger partial charge in [-0.1, -0.05) is 34.8 Å². The molecule has 0 atom stereocenters. The van der Waals surface area contributed by atoms with Gasteiger partial charge in [0.15, 0.2) is 11.7 Å². The first kappa shape index (κ1) is 14.4. The lowest BCUT2D eigenvalue weighted by atomic mass is 10.3. The van der Waals surface area contributed by atoms with E-state index in [1.807, 2.05) is 0 Å². The van der Waals surface area contributed by atoms with Crippen LogP contribution >= 0.6 is 46.1 Å². The van der Waals surface area contributed by atoms with Crippen molar-refractivity contribution in [1.29, 1.82) is 0 Å². The fraction of sp³-hybridized carbons (Fsp3) is 0.0909. The minimum Gasteiger partial charge on any atom is -0.482 e. The van der Waals surface area contributed by atoms with Crippen LogP contribution < -0.4 is 10.1 Å². The Labute approximate surface area is 128 Å². The monoisotopic (exact) mass is 336 g/mol. The number of ether oxygens (including phenoxy) is 1. The molecule has 2 rings (SSSR count). The highest BCUT2D eigenvalue weighted by Gasteiger charge is 2.10. The first-order valence-corrected chi connectivity index (χ1v) is 7.04. The Morgan fingerprint density at radius 3 is 2.68 bits per heavy atom. The van der Waals surface area contributed by atoms with Crippen LogP contribution in [0.2, 0.25) is 15.1 Å². The lowest BCUT2D eigenvalue weighted by Crippen LogP contribution is -2.20. The van der Waals surface area contributed by atoms with Gasteiger partial charge in [-0.15, -0.1) is 11.3 Å². The van der Waals surface area contributed by atoms with E-state index in [0.29, 0.717) is 20.9 Å². The van der Waals surface area contributed by atoms with Crippen LogP contribution in [0, 0.1) is 0 Å². The van der Waals surface area contributed by atoms with Crippen molar-refractivity contribution in [3.05, 3.63) is 38.8 Å². The number of anilines is 1. The van der Waals surface area contributed by atoms with Crippen LogP contribution in [-0.2, 0) is 4.79 Å². The van der Waals surface area contributed by atoms with Gasteiger partial charge < -0.3 is 4.74 Å². The summed E-state index contributed by atoms with van der Waals surface area (Å²) >= 11 is 18.9. The Bertz CT molecular complexity index is 590. The van der Waals surface area contributed by atoms with E-state index in [-0.39, 0.29) is 17.5 Å². The lowest BCUT2D eigenvalue weighted by Gasteiger charge is -2.08. The molecule has 1 heterocycles. The van der Waals surface area contributed by atoms with Crippen molar-refractivity contribution in [1.82, 2.24) is 4.98 Å². The summed E-state index contributed by atoms with van der Waals surface area (Å²) in [6, 6.07) is 2.92. The van der Waals surface area contributed by atoms with Crippen molar-refractivity contribution in [2.75, 3.05) is 11.9 Å². The Hall–Kier alpha value is -1.01. The molecule has 0 aliphatic carbocycles. The molecule has 0 fully saturated rings. The molecule has 1 amide bonds. The summed E-state index contributed by atoms with van der Waals surface area (Å²) in [7, 11) is 0. The molecule has 0 radical (unpaired) electrons. The van der Waals surface area contributed by atoms with Crippen LogP contribution in [0.5, 0.6) is 5.75 Å². The molecular weight excluding hydrogens is 331 g/mol.